The first kappa shape index (κ1) is 18.8. The van der Waals surface area contributed by atoms with Gasteiger partial charge in [-0.15, -0.1) is 0 Å². The second-order valence-corrected chi connectivity index (χ2v) is 6.00. The molecule has 0 heterocycles. The minimum Gasteiger partial charge on any atom is -0.508 e. The van der Waals surface area contributed by atoms with Crippen LogP contribution in [0.5, 0.6) is 11.5 Å². The van der Waals surface area contributed by atoms with Crippen molar-refractivity contribution in [3.8, 4) is 11.5 Å². The molecule has 1 N–H and O–H groups in total. The Morgan fingerprint density at radius 3 is 2.48 bits per heavy atom. The number of benzene rings is 2. The highest BCUT2D eigenvalue weighted by Gasteiger charge is 2.16. The predicted molar refractivity (Wildman–Crippen MR) is 96.5 cm³/mol. The van der Waals surface area contributed by atoms with Crippen molar-refractivity contribution >= 4 is 5.97 Å². The van der Waals surface area contributed by atoms with E-state index in [0.29, 0.717) is 12.4 Å². The molecule has 0 bridgehead atoms. The minimum absolute atomic E-state index is 0.155. The summed E-state index contributed by atoms with van der Waals surface area (Å²) in [5, 5.41) is 9.23. The van der Waals surface area contributed by atoms with Crippen LogP contribution in [0.4, 0.5) is 0 Å². The third-order valence-corrected chi connectivity index (χ3v) is 3.71. The van der Waals surface area contributed by atoms with E-state index in [1.807, 2.05) is 25.2 Å². The molecule has 0 aliphatic rings. The van der Waals surface area contributed by atoms with Gasteiger partial charge in [-0.2, -0.15) is 0 Å². The molecule has 0 aliphatic carbocycles. The van der Waals surface area contributed by atoms with E-state index in [2.05, 4.69) is 17.0 Å². The predicted octanol–water partition coefficient (Wildman–Crippen LogP) is 3.22. The van der Waals surface area contributed by atoms with E-state index >= 15 is 0 Å². The summed E-state index contributed by atoms with van der Waals surface area (Å²) in [6, 6.07) is 16.5. The largest absolute Gasteiger partial charge is 0.508 e. The van der Waals surface area contributed by atoms with Crippen LogP contribution in [-0.2, 0) is 16.1 Å². The molecule has 0 fully saturated rings. The molecule has 0 aromatic heterocycles. The number of carbonyl (C=O) groups excluding carboxylic acids is 1. The normalized spacial score (nSPS) is 12.0. The Morgan fingerprint density at radius 1 is 1.12 bits per heavy atom. The lowest BCUT2D eigenvalue weighted by molar-refractivity contribution is -0.151. The summed E-state index contributed by atoms with van der Waals surface area (Å²) in [7, 11) is 2.05. The van der Waals surface area contributed by atoms with Gasteiger partial charge in [-0.3, -0.25) is 0 Å². The number of aromatic hydroxyl groups is 1. The van der Waals surface area contributed by atoms with Crippen LogP contribution in [0.3, 0.4) is 0 Å². The lowest BCUT2D eigenvalue weighted by Crippen LogP contribution is -2.27. The second kappa shape index (κ2) is 9.69. The van der Waals surface area contributed by atoms with Crippen LogP contribution in [0.15, 0.2) is 54.6 Å². The minimum atomic E-state index is -0.688. The molecule has 2 rings (SSSR count). The molecule has 2 aromatic carbocycles. The quantitative estimate of drug-likeness (QED) is 0.559. The van der Waals surface area contributed by atoms with Gasteiger partial charge in [-0.05, 0) is 50.2 Å². The smallest absolute Gasteiger partial charge is 0.347 e. The third-order valence-electron chi connectivity index (χ3n) is 3.71. The summed E-state index contributed by atoms with van der Waals surface area (Å²) >= 11 is 0. The maximum atomic E-state index is 11.9. The summed E-state index contributed by atoms with van der Waals surface area (Å²) < 4.78 is 10.8. The SMILES string of the molecule is CC(Oc1ccc(O)cc1)C(=O)OCCCN(C)Cc1ccccc1. The van der Waals surface area contributed by atoms with Crippen molar-refractivity contribution in [2.24, 2.45) is 0 Å². The zero-order valence-corrected chi connectivity index (χ0v) is 14.7. The monoisotopic (exact) mass is 343 g/mol. The number of hydrogen-bond donors (Lipinski definition) is 1. The zero-order valence-electron chi connectivity index (χ0n) is 14.7. The van der Waals surface area contributed by atoms with Crippen LogP contribution in [0.25, 0.3) is 0 Å². The summed E-state index contributed by atoms with van der Waals surface area (Å²) in [6.07, 6.45) is 0.0765. The maximum absolute atomic E-state index is 11.9. The van der Waals surface area contributed by atoms with E-state index in [1.54, 1.807) is 19.1 Å². The Bertz CT molecular complexity index is 643. The van der Waals surface area contributed by atoms with Crippen molar-refractivity contribution in [2.75, 3.05) is 20.2 Å². The van der Waals surface area contributed by atoms with Crippen LogP contribution in [0.2, 0.25) is 0 Å². The van der Waals surface area contributed by atoms with Gasteiger partial charge < -0.3 is 19.5 Å². The molecule has 5 heteroatoms. The Morgan fingerprint density at radius 2 is 1.80 bits per heavy atom. The fourth-order valence-electron chi connectivity index (χ4n) is 2.38. The van der Waals surface area contributed by atoms with Gasteiger partial charge in [0.25, 0.3) is 0 Å². The fraction of sp³-hybridized carbons (Fsp3) is 0.350. The van der Waals surface area contributed by atoms with E-state index in [4.69, 9.17) is 9.47 Å². The molecule has 0 amide bonds. The zero-order chi connectivity index (χ0) is 18.1. The van der Waals surface area contributed by atoms with Gasteiger partial charge in [0.15, 0.2) is 6.10 Å². The highest BCUT2D eigenvalue weighted by atomic mass is 16.6. The first-order valence-corrected chi connectivity index (χ1v) is 8.39. The van der Waals surface area contributed by atoms with Gasteiger partial charge in [-0.25, -0.2) is 4.79 Å². The standard InChI is InChI=1S/C20H25NO4/c1-16(25-19-11-9-18(22)10-12-19)20(23)24-14-6-13-21(2)15-17-7-4-3-5-8-17/h3-5,7-12,16,22H,6,13-15H2,1-2H3. The molecule has 134 valence electrons. The lowest BCUT2D eigenvalue weighted by atomic mass is 10.2. The summed E-state index contributed by atoms with van der Waals surface area (Å²) in [4.78, 5) is 14.1. The molecule has 25 heavy (non-hydrogen) atoms. The van der Waals surface area contributed by atoms with E-state index in [0.717, 1.165) is 19.5 Å². The molecular formula is C20H25NO4. The highest BCUT2D eigenvalue weighted by Crippen LogP contribution is 2.17. The number of phenols is 1. The van der Waals surface area contributed by atoms with Crippen molar-refractivity contribution in [2.45, 2.75) is 26.0 Å². The van der Waals surface area contributed by atoms with E-state index < -0.39 is 12.1 Å². The number of nitrogens with zero attached hydrogens (tertiary/aromatic N) is 1. The lowest BCUT2D eigenvalue weighted by Gasteiger charge is -2.17. The average Bonchev–Trinajstić information content (AvgIpc) is 2.61. The van der Waals surface area contributed by atoms with Crippen molar-refractivity contribution in [3.05, 3.63) is 60.2 Å². The van der Waals surface area contributed by atoms with Crippen molar-refractivity contribution in [1.29, 1.82) is 0 Å². The number of ether oxygens (including phenoxy) is 2. The first-order chi connectivity index (χ1) is 12.0. The van der Waals surface area contributed by atoms with Crippen LogP contribution in [0.1, 0.15) is 18.9 Å². The van der Waals surface area contributed by atoms with Crippen LogP contribution >= 0.6 is 0 Å². The van der Waals surface area contributed by atoms with Gasteiger partial charge in [0, 0.05) is 13.1 Å². The molecule has 0 radical (unpaired) electrons. The highest BCUT2D eigenvalue weighted by molar-refractivity contribution is 5.74. The average molecular weight is 343 g/mol. The van der Waals surface area contributed by atoms with Gasteiger partial charge in [0.2, 0.25) is 0 Å². The Balaban J connectivity index is 1.63. The number of rotatable bonds is 9. The van der Waals surface area contributed by atoms with Crippen LogP contribution in [-0.4, -0.2) is 42.3 Å². The van der Waals surface area contributed by atoms with Crippen molar-refractivity contribution in [1.82, 2.24) is 4.90 Å². The molecule has 1 atom stereocenters. The Hall–Kier alpha value is -2.53. The maximum Gasteiger partial charge on any atom is 0.347 e. The van der Waals surface area contributed by atoms with E-state index in [-0.39, 0.29) is 5.75 Å². The Labute approximate surface area is 148 Å². The molecule has 0 spiro atoms. The van der Waals surface area contributed by atoms with Crippen LogP contribution < -0.4 is 4.74 Å². The molecular weight excluding hydrogens is 318 g/mol. The third kappa shape index (κ3) is 6.85. The number of carbonyl (C=O) groups is 1. The van der Waals surface area contributed by atoms with Gasteiger partial charge in [-0.1, -0.05) is 30.3 Å². The molecule has 0 aliphatic heterocycles. The number of hydrogen-bond acceptors (Lipinski definition) is 5. The summed E-state index contributed by atoms with van der Waals surface area (Å²) in [5.74, 6) is 0.283. The van der Waals surface area contributed by atoms with Crippen LogP contribution in [0, 0.1) is 0 Å². The molecule has 1 unspecified atom stereocenters. The first-order valence-electron chi connectivity index (χ1n) is 8.39. The number of phenolic OH excluding ortho intramolecular Hbond substituents is 1. The fourth-order valence-corrected chi connectivity index (χ4v) is 2.38. The molecule has 0 saturated heterocycles. The second-order valence-electron chi connectivity index (χ2n) is 6.00. The van der Waals surface area contributed by atoms with Crippen molar-refractivity contribution < 1.29 is 19.4 Å². The molecule has 5 nitrogen and oxygen atoms in total. The topological polar surface area (TPSA) is 59.0 Å². The van der Waals surface area contributed by atoms with Gasteiger partial charge >= 0.3 is 5.97 Å². The molecule has 2 aromatic rings. The van der Waals surface area contributed by atoms with Crippen molar-refractivity contribution in [3.63, 3.8) is 0 Å². The van der Waals surface area contributed by atoms with E-state index in [1.165, 1.54) is 17.7 Å². The van der Waals surface area contributed by atoms with E-state index in [9.17, 15) is 9.90 Å². The van der Waals surface area contributed by atoms with Gasteiger partial charge in [0.1, 0.15) is 11.5 Å². The summed E-state index contributed by atoms with van der Waals surface area (Å²) in [5.41, 5.74) is 1.26. The Kier molecular flexibility index (Phi) is 7.29. The number of esters is 1. The van der Waals surface area contributed by atoms with Gasteiger partial charge in [0.05, 0.1) is 6.61 Å². The molecule has 0 saturated carbocycles. The summed E-state index contributed by atoms with van der Waals surface area (Å²) in [6.45, 7) is 3.72.